The Morgan fingerprint density at radius 3 is 3.11 bits per heavy atom. The summed E-state index contributed by atoms with van der Waals surface area (Å²) in [4.78, 5) is 2.83. The maximum Gasteiger partial charge on any atom is 0.0351 e. The van der Waals surface area contributed by atoms with Gasteiger partial charge in [-0.05, 0) is 53.3 Å². The summed E-state index contributed by atoms with van der Waals surface area (Å²) < 4.78 is 0. The standard InChI is InChI=1S/C14H17NS3/c1-2-14(17-4-1)12-6-13(18-10-12)8-15-7-11-3-5-16-9-11/h1-2,4,6,10-11,15H,3,5,7-9H2. The van der Waals surface area contributed by atoms with Gasteiger partial charge < -0.3 is 5.32 Å². The highest BCUT2D eigenvalue weighted by molar-refractivity contribution is 7.99. The van der Waals surface area contributed by atoms with Gasteiger partial charge in [0.2, 0.25) is 0 Å². The zero-order valence-electron chi connectivity index (χ0n) is 10.2. The predicted molar refractivity (Wildman–Crippen MR) is 84.8 cm³/mol. The fourth-order valence-electron chi connectivity index (χ4n) is 2.19. The van der Waals surface area contributed by atoms with Gasteiger partial charge in [-0.15, -0.1) is 22.7 Å². The SMILES string of the molecule is c1csc(-c2csc(CNCC3CCSC3)c2)c1. The lowest BCUT2D eigenvalue weighted by Gasteiger charge is -2.08. The molecule has 1 N–H and O–H groups in total. The van der Waals surface area contributed by atoms with Crippen LogP contribution in [0.4, 0.5) is 0 Å². The number of hydrogen-bond donors (Lipinski definition) is 1. The minimum Gasteiger partial charge on any atom is -0.312 e. The molecule has 4 heteroatoms. The topological polar surface area (TPSA) is 12.0 Å². The molecule has 1 unspecified atom stereocenters. The van der Waals surface area contributed by atoms with E-state index in [0.29, 0.717) is 0 Å². The molecule has 0 aromatic carbocycles. The molecule has 0 saturated carbocycles. The Hall–Kier alpha value is -0.290. The van der Waals surface area contributed by atoms with E-state index in [2.05, 4.69) is 46.0 Å². The first-order valence-corrected chi connectivity index (χ1v) is 9.23. The number of rotatable bonds is 5. The maximum atomic E-state index is 3.60. The minimum atomic E-state index is 0.895. The molecule has 1 atom stereocenters. The molecule has 0 radical (unpaired) electrons. The average Bonchev–Trinajstić information content (AvgIpc) is 3.12. The van der Waals surface area contributed by atoms with Crippen molar-refractivity contribution in [2.45, 2.75) is 13.0 Å². The summed E-state index contributed by atoms with van der Waals surface area (Å²) >= 11 is 5.78. The largest absolute Gasteiger partial charge is 0.312 e. The van der Waals surface area contributed by atoms with E-state index in [1.807, 2.05) is 22.7 Å². The summed E-state index contributed by atoms with van der Waals surface area (Å²) in [5.41, 5.74) is 1.38. The summed E-state index contributed by atoms with van der Waals surface area (Å²) in [6.07, 6.45) is 1.39. The molecular formula is C14H17NS3. The third kappa shape index (κ3) is 3.18. The molecule has 18 heavy (non-hydrogen) atoms. The Morgan fingerprint density at radius 2 is 2.33 bits per heavy atom. The number of thiophene rings is 2. The third-order valence-electron chi connectivity index (χ3n) is 3.22. The van der Waals surface area contributed by atoms with Crippen LogP contribution in [0.2, 0.25) is 0 Å². The lowest BCUT2D eigenvalue weighted by Crippen LogP contribution is -2.21. The van der Waals surface area contributed by atoms with Gasteiger partial charge in [0.05, 0.1) is 0 Å². The van der Waals surface area contributed by atoms with Crippen LogP contribution >= 0.6 is 34.4 Å². The first-order valence-electron chi connectivity index (χ1n) is 6.31. The summed E-state index contributed by atoms with van der Waals surface area (Å²) in [5.74, 6) is 3.60. The smallest absolute Gasteiger partial charge is 0.0351 e. The minimum absolute atomic E-state index is 0.895. The summed E-state index contributed by atoms with van der Waals surface area (Å²) in [5, 5.41) is 8.02. The van der Waals surface area contributed by atoms with Crippen LogP contribution in [0.5, 0.6) is 0 Å². The molecule has 2 aromatic heterocycles. The van der Waals surface area contributed by atoms with E-state index in [-0.39, 0.29) is 0 Å². The van der Waals surface area contributed by atoms with Crippen molar-refractivity contribution in [1.82, 2.24) is 5.32 Å². The molecule has 1 nitrogen and oxygen atoms in total. The maximum absolute atomic E-state index is 3.60. The highest BCUT2D eigenvalue weighted by Gasteiger charge is 2.14. The molecule has 1 aliphatic rings. The summed E-state index contributed by atoms with van der Waals surface area (Å²) in [6.45, 7) is 2.20. The molecule has 1 fully saturated rings. The van der Waals surface area contributed by atoms with E-state index in [0.717, 1.165) is 12.5 Å². The zero-order valence-corrected chi connectivity index (χ0v) is 12.7. The zero-order chi connectivity index (χ0) is 12.2. The van der Waals surface area contributed by atoms with Gasteiger partial charge in [-0.2, -0.15) is 11.8 Å². The van der Waals surface area contributed by atoms with Crippen molar-refractivity contribution in [3.63, 3.8) is 0 Å². The Morgan fingerprint density at radius 1 is 1.33 bits per heavy atom. The molecule has 2 aromatic rings. The first kappa shape index (κ1) is 12.7. The van der Waals surface area contributed by atoms with Gasteiger partial charge in [-0.1, -0.05) is 6.07 Å². The fraction of sp³-hybridized carbons (Fsp3) is 0.429. The van der Waals surface area contributed by atoms with Crippen LogP contribution < -0.4 is 5.32 Å². The molecule has 96 valence electrons. The van der Waals surface area contributed by atoms with Crippen LogP contribution in [0.3, 0.4) is 0 Å². The molecule has 0 amide bonds. The number of thioether (sulfide) groups is 1. The van der Waals surface area contributed by atoms with E-state index in [1.165, 1.54) is 39.8 Å². The van der Waals surface area contributed by atoms with Gasteiger partial charge >= 0.3 is 0 Å². The van der Waals surface area contributed by atoms with Crippen LogP contribution in [0, 0.1) is 5.92 Å². The summed E-state index contributed by atoms with van der Waals surface area (Å²) in [7, 11) is 0. The van der Waals surface area contributed by atoms with E-state index in [9.17, 15) is 0 Å². The van der Waals surface area contributed by atoms with Crippen LogP contribution in [0.1, 0.15) is 11.3 Å². The van der Waals surface area contributed by atoms with Crippen molar-refractivity contribution in [3.8, 4) is 10.4 Å². The second kappa shape index (κ2) is 6.24. The quantitative estimate of drug-likeness (QED) is 0.881. The Bertz CT molecular complexity index is 469. The Labute approximate surface area is 121 Å². The van der Waals surface area contributed by atoms with E-state index in [4.69, 9.17) is 0 Å². The highest BCUT2D eigenvalue weighted by Crippen LogP contribution is 2.29. The van der Waals surface area contributed by atoms with Gasteiger partial charge in [0.15, 0.2) is 0 Å². The predicted octanol–water partition coefficient (Wildman–Crippen LogP) is 4.32. The second-order valence-corrected chi connectivity index (χ2v) is 7.73. The molecule has 3 rings (SSSR count). The molecular weight excluding hydrogens is 278 g/mol. The third-order valence-corrected chi connectivity index (χ3v) is 6.30. The van der Waals surface area contributed by atoms with Gasteiger partial charge in [-0.25, -0.2) is 0 Å². The van der Waals surface area contributed by atoms with Crippen molar-refractivity contribution in [2.24, 2.45) is 5.92 Å². The number of hydrogen-bond acceptors (Lipinski definition) is 4. The van der Waals surface area contributed by atoms with Crippen LogP contribution in [-0.2, 0) is 6.54 Å². The van der Waals surface area contributed by atoms with Crippen molar-refractivity contribution < 1.29 is 0 Å². The normalized spacial score (nSPS) is 19.4. The molecule has 0 aliphatic carbocycles. The van der Waals surface area contributed by atoms with Gasteiger partial charge in [-0.3, -0.25) is 0 Å². The van der Waals surface area contributed by atoms with Crippen LogP contribution in [0.25, 0.3) is 10.4 Å². The highest BCUT2D eigenvalue weighted by atomic mass is 32.2. The summed E-state index contributed by atoms with van der Waals surface area (Å²) in [6, 6.07) is 6.64. The molecule has 1 saturated heterocycles. The molecule has 0 bridgehead atoms. The van der Waals surface area contributed by atoms with E-state index >= 15 is 0 Å². The lowest BCUT2D eigenvalue weighted by molar-refractivity contribution is 0.525. The van der Waals surface area contributed by atoms with Crippen LogP contribution in [0.15, 0.2) is 29.0 Å². The number of nitrogens with one attached hydrogen (secondary N) is 1. The van der Waals surface area contributed by atoms with Gasteiger partial charge in [0.25, 0.3) is 0 Å². The lowest BCUT2D eigenvalue weighted by atomic mass is 10.1. The second-order valence-electron chi connectivity index (χ2n) is 4.64. The molecule has 1 aliphatic heterocycles. The van der Waals surface area contributed by atoms with Crippen molar-refractivity contribution in [1.29, 1.82) is 0 Å². The average molecular weight is 295 g/mol. The molecule has 0 spiro atoms. The van der Waals surface area contributed by atoms with Crippen molar-refractivity contribution >= 4 is 34.4 Å². The van der Waals surface area contributed by atoms with Crippen molar-refractivity contribution in [3.05, 3.63) is 33.8 Å². The Balaban J connectivity index is 1.51. The van der Waals surface area contributed by atoms with Crippen molar-refractivity contribution in [2.75, 3.05) is 18.1 Å². The fourth-order valence-corrected chi connectivity index (χ4v) is 5.12. The van der Waals surface area contributed by atoms with Crippen LogP contribution in [-0.4, -0.2) is 18.1 Å². The van der Waals surface area contributed by atoms with Gasteiger partial charge in [0, 0.05) is 21.9 Å². The Kier molecular flexibility index (Phi) is 4.41. The van der Waals surface area contributed by atoms with E-state index < -0.39 is 0 Å². The monoisotopic (exact) mass is 295 g/mol. The van der Waals surface area contributed by atoms with E-state index in [1.54, 1.807) is 0 Å². The molecule has 3 heterocycles. The van der Waals surface area contributed by atoms with Gasteiger partial charge in [0.1, 0.15) is 0 Å². The first-order chi connectivity index (χ1) is 8.92.